The van der Waals surface area contributed by atoms with Gasteiger partial charge in [0.05, 0.1) is 23.1 Å². The molecule has 0 atom stereocenters. The van der Waals surface area contributed by atoms with Gasteiger partial charge in [0.1, 0.15) is 11.6 Å². The van der Waals surface area contributed by atoms with Crippen LogP contribution in [0.3, 0.4) is 0 Å². The molecule has 0 unspecified atom stereocenters. The van der Waals surface area contributed by atoms with Crippen LogP contribution in [0.5, 0.6) is 5.75 Å². The van der Waals surface area contributed by atoms with Gasteiger partial charge in [-0.3, -0.25) is 0 Å². The van der Waals surface area contributed by atoms with E-state index < -0.39 is 27.8 Å². The number of alkyl halides is 3. The van der Waals surface area contributed by atoms with Crippen molar-refractivity contribution in [1.29, 1.82) is 0 Å². The largest absolute Gasteiger partial charge is 0.493 e. The van der Waals surface area contributed by atoms with E-state index >= 15 is 0 Å². The van der Waals surface area contributed by atoms with Crippen molar-refractivity contribution in [3.63, 3.8) is 0 Å². The fourth-order valence-electron chi connectivity index (χ4n) is 3.13. The van der Waals surface area contributed by atoms with Crippen molar-refractivity contribution >= 4 is 15.8 Å². The Hall–Kier alpha value is -2.33. The van der Waals surface area contributed by atoms with Crippen molar-refractivity contribution in [2.45, 2.75) is 23.5 Å². The van der Waals surface area contributed by atoms with E-state index in [1.807, 2.05) is 0 Å². The number of rotatable bonds is 4. The number of benzene rings is 1. The lowest BCUT2D eigenvalue weighted by Gasteiger charge is -2.40. The predicted molar refractivity (Wildman–Crippen MR) is 91.2 cm³/mol. The number of hydrogen-bond donors (Lipinski definition) is 1. The minimum Gasteiger partial charge on any atom is -0.493 e. The van der Waals surface area contributed by atoms with Gasteiger partial charge in [0.15, 0.2) is 0 Å². The molecule has 0 amide bonds. The molecule has 2 aliphatic heterocycles. The Kier molecular flexibility index (Phi) is 4.26. The minimum atomic E-state index is -4.44. The van der Waals surface area contributed by atoms with Crippen LogP contribution in [0.25, 0.3) is 0 Å². The number of pyridine rings is 1. The highest BCUT2D eigenvalue weighted by Crippen LogP contribution is 2.32. The molecule has 2 aromatic rings. The lowest BCUT2D eigenvalue weighted by Crippen LogP contribution is -2.59. The van der Waals surface area contributed by atoms with E-state index in [2.05, 4.69) is 9.71 Å². The Morgan fingerprint density at radius 1 is 1.19 bits per heavy atom. The molecule has 1 fully saturated rings. The van der Waals surface area contributed by atoms with Crippen molar-refractivity contribution in [2.24, 2.45) is 0 Å². The smallest absolute Gasteiger partial charge is 0.416 e. The average molecular weight is 399 g/mol. The molecule has 6 nitrogen and oxygen atoms in total. The summed E-state index contributed by atoms with van der Waals surface area (Å²) in [6.45, 7) is 1.04. The molecule has 1 aromatic carbocycles. The summed E-state index contributed by atoms with van der Waals surface area (Å²) in [5.41, 5.74) is 0.0677. The summed E-state index contributed by atoms with van der Waals surface area (Å²) in [6.07, 6.45) is -2.68. The summed E-state index contributed by atoms with van der Waals surface area (Å²) in [6, 6.07) is 6.19. The first kappa shape index (κ1) is 18.1. The van der Waals surface area contributed by atoms with Gasteiger partial charge in [-0.2, -0.15) is 13.2 Å². The van der Waals surface area contributed by atoms with Gasteiger partial charge >= 0.3 is 6.18 Å². The van der Waals surface area contributed by atoms with Gasteiger partial charge in [-0.05, 0) is 35.9 Å². The summed E-state index contributed by atoms with van der Waals surface area (Å²) >= 11 is 0. The maximum atomic E-state index is 12.8. The summed E-state index contributed by atoms with van der Waals surface area (Å²) in [4.78, 5) is 5.69. The van der Waals surface area contributed by atoms with Crippen LogP contribution in [0.4, 0.5) is 19.0 Å². The average Bonchev–Trinajstić information content (AvgIpc) is 3.05. The third kappa shape index (κ3) is 3.59. The number of aromatic nitrogens is 1. The topological polar surface area (TPSA) is 71.5 Å². The molecular formula is C17H16F3N3O3S. The number of sulfonamides is 1. The number of nitrogens with one attached hydrogen (secondary N) is 1. The van der Waals surface area contributed by atoms with Crippen molar-refractivity contribution in [3.05, 3.63) is 47.7 Å². The molecule has 0 saturated carbocycles. The second kappa shape index (κ2) is 6.38. The Balaban J connectivity index is 1.42. The number of fused-ring (bicyclic) bond motifs is 1. The predicted octanol–water partition coefficient (Wildman–Crippen LogP) is 2.20. The Morgan fingerprint density at radius 3 is 2.70 bits per heavy atom. The number of anilines is 1. The summed E-state index contributed by atoms with van der Waals surface area (Å²) in [5.74, 6) is 0.870. The van der Waals surface area contributed by atoms with Gasteiger partial charge in [-0.25, -0.2) is 18.1 Å². The summed E-state index contributed by atoms with van der Waals surface area (Å²) in [5, 5.41) is 0. The van der Waals surface area contributed by atoms with Crippen LogP contribution >= 0.6 is 0 Å². The highest BCUT2D eigenvalue weighted by Gasteiger charge is 2.35. The van der Waals surface area contributed by atoms with Gasteiger partial charge in [-0.15, -0.1) is 0 Å². The Labute approximate surface area is 154 Å². The molecule has 10 heteroatoms. The third-order valence-electron chi connectivity index (χ3n) is 4.57. The molecule has 144 valence electrons. The quantitative estimate of drug-likeness (QED) is 0.854. The molecule has 1 aromatic heterocycles. The second-order valence-corrected chi connectivity index (χ2v) is 8.21. The van der Waals surface area contributed by atoms with Crippen LogP contribution in [-0.4, -0.2) is 39.1 Å². The summed E-state index contributed by atoms with van der Waals surface area (Å²) in [7, 11) is -3.71. The first-order chi connectivity index (χ1) is 12.7. The Morgan fingerprint density at radius 2 is 1.96 bits per heavy atom. The molecular weight excluding hydrogens is 383 g/mol. The SMILES string of the molecule is O=S(=O)(NC1CN(c2cc(C(F)(F)F)ccn2)C1)c1ccc2c(c1)CCO2. The van der Waals surface area contributed by atoms with E-state index in [4.69, 9.17) is 4.74 Å². The van der Waals surface area contributed by atoms with E-state index in [1.165, 1.54) is 6.07 Å². The molecule has 1 N–H and O–H groups in total. The van der Waals surface area contributed by atoms with Crippen LogP contribution < -0.4 is 14.4 Å². The lowest BCUT2D eigenvalue weighted by molar-refractivity contribution is -0.137. The molecule has 4 rings (SSSR count). The van der Waals surface area contributed by atoms with Crippen LogP contribution in [0, 0.1) is 0 Å². The van der Waals surface area contributed by atoms with Crippen molar-refractivity contribution in [3.8, 4) is 5.75 Å². The van der Waals surface area contributed by atoms with Crippen molar-refractivity contribution < 1.29 is 26.3 Å². The van der Waals surface area contributed by atoms with Gasteiger partial charge in [0.25, 0.3) is 0 Å². The summed E-state index contributed by atoms with van der Waals surface area (Å²) < 4.78 is 71.4. The van der Waals surface area contributed by atoms with E-state index in [0.29, 0.717) is 18.8 Å². The zero-order valence-corrected chi connectivity index (χ0v) is 14.8. The molecule has 0 spiro atoms. The molecule has 2 aliphatic rings. The van der Waals surface area contributed by atoms with Gasteiger partial charge in [-0.1, -0.05) is 0 Å². The van der Waals surface area contributed by atoms with Crippen molar-refractivity contribution in [2.75, 3.05) is 24.6 Å². The van der Waals surface area contributed by atoms with E-state index in [1.54, 1.807) is 17.0 Å². The molecule has 1 saturated heterocycles. The van der Waals surface area contributed by atoms with Gasteiger partial charge < -0.3 is 9.64 Å². The number of nitrogens with zero attached hydrogens (tertiary/aromatic N) is 2. The maximum absolute atomic E-state index is 12.8. The fourth-order valence-corrected chi connectivity index (χ4v) is 4.39. The van der Waals surface area contributed by atoms with Crippen LogP contribution in [0.2, 0.25) is 0 Å². The lowest BCUT2D eigenvalue weighted by atomic mass is 10.1. The number of ether oxygens (including phenoxy) is 1. The minimum absolute atomic E-state index is 0.155. The van der Waals surface area contributed by atoms with Crippen molar-refractivity contribution in [1.82, 2.24) is 9.71 Å². The number of halogens is 3. The first-order valence-corrected chi connectivity index (χ1v) is 9.77. The standard InChI is InChI=1S/C17H16F3N3O3S/c18-17(19,20)12-3-5-21-16(8-12)23-9-13(10-23)22-27(24,25)14-1-2-15-11(7-14)4-6-26-15/h1-3,5,7-8,13,22H,4,6,9-10H2. The van der Waals surface area contributed by atoms with E-state index in [-0.39, 0.29) is 23.8 Å². The van der Waals surface area contributed by atoms with Crippen LogP contribution in [-0.2, 0) is 22.6 Å². The molecule has 27 heavy (non-hydrogen) atoms. The van der Waals surface area contributed by atoms with Crippen LogP contribution in [0.1, 0.15) is 11.1 Å². The highest BCUT2D eigenvalue weighted by atomic mass is 32.2. The second-order valence-electron chi connectivity index (χ2n) is 6.49. The zero-order valence-electron chi connectivity index (χ0n) is 14.0. The molecule has 0 bridgehead atoms. The zero-order chi connectivity index (χ0) is 19.2. The fraction of sp³-hybridized carbons (Fsp3) is 0.353. The Bertz CT molecular complexity index is 973. The molecule has 0 radical (unpaired) electrons. The molecule has 3 heterocycles. The normalized spacial score (nSPS) is 17.4. The van der Waals surface area contributed by atoms with Gasteiger partial charge in [0, 0.05) is 25.7 Å². The van der Waals surface area contributed by atoms with Crippen LogP contribution in [0.15, 0.2) is 41.4 Å². The van der Waals surface area contributed by atoms with Gasteiger partial charge in [0.2, 0.25) is 10.0 Å². The van der Waals surface area contributed by atoms with E-state index in [9.17, 15) is 21.6 Å². The monoisotopic (exact) mass is 399 g/mol. The van der Waals surface area contributed by atoms with E-state index in [0.717, 1.165) is 23.9 Å². The third-order valence-corrected chi connectivity index (χ3v) is 6.09. The maximum Gasteiger partial charge on any atom is 0.416 e. The first-order valence-electron chi connectivity index (χ1n) is 8.29. The molecule has 0 aliphatic carbocycles. The number of hydrogen-bond acceptors (Lipinski definition) is 5. The highest BCUT2D eigenvalue weighted by molar-refractivity contribution is 7.89.